The molecule has 1 aliphatic heterocycles. The highest BCUT2D eigenvalue weighted by Crippen LogP contribution is 2.26. The molecule has 4 N–H and O–H groups in total. The van der Waals surface area contributed by atoms with E-state index in [1.165, 1.54) is 0 Å². The van der Waals surface area contributed by atoms with Crippen molar-refractivity contribution in [3.8, 4) is 0 Å². The van der Waals surface area contributed by atoms with Crippen molar-refractivity contribution >= 4 is 5.97 Å². The molecular formula is C20H34O6. The van der Waals surface area contributed by atoms with Crippen molar-refractivity contribution in [2.75, 3.05) is 0 Å². The van der Waals surface area contributed by atoms with Gasteiger partial charge in [-0.25, -0.2) is 0 Å². The third-order valence-electron chi connectivity index (χ3n) is 4.56. The Balaban J connectivity index is 2.30. The Bertz CT molecular complexity index is 448. The zero-order valence-corrected chi connectivity index (χ0v) is 15.7. The highest BCUT2D eigenvalue weighted by molar-refractivity contribution is 5.66. The molecule has 6 heteroatoms. The predicted molar refractivity (Wildman–Crippen MR) is 99.8 cm³/mol. The van der Waals surface area contributed by atoms with E-state index in [4.69, 9.17) is 9.84 Å². The lowest BCUT2D eigenvalue weighted by atomic mass is 10.0. The van der Waals surface area contributed by atoms with Crippen LogP contribution in [0.4, 0.5) is 0 Å². The lowest BCUT2D eigenvalue weighted by Crippen LogP contribution is -2.24. The SMILES string of the molecule is CCCCC[C@@H](O)/C=C/[C@H](O)[C@H]1C[C@H](O)[C@@H](C/C=C\CCCC(=O)O)O1. The third kappa shape index (κ3) is 9.48. The van der Waals surface area contributed by atoms with Gasteiger partial charge in [-0.15, -0.1) is 0 Å². The first-order valence-corrected chi connectivity index (χ1v) is 9.68. The molecule has 26 heavy (non-hydrogen) atoms. The Hall–Kier alpha value is -1.21. The molecule has 0 saturated carbocycles. The first kappa shape index (κ1) is 22.8. The molecule has 1 saturated heterocycles. The fraction of sp³-hybridized carbons (Fsp3) is 0.750. The van der Waals surface area contributed by atoms with Gasteiger partial charge < -0.3 is 25.2 Å². The minimum Gasteiger partial charge on any atom is -0.481 e. The largest absolute Gasteiger partial charge is 0.481 e. The van der Waals surface area contributed by atoms with E-state index in [1.54, 1.807) is 12.2 Å². The van der Waals surface area contributed by atoms with Gasteiger partial charge in [0.25, 0.3) is 0 Å². The van der Waals surface area contributed by atoms with Crippen LogP contribution in [-0.2, 0) is 9.53 Å². The molecule has 0 aromatic heterocycles. The number of aliphatic hydroxyl groups is 3. The van der Waals surface area contributed by atoms with Crippen molar-refractivity contribution in [2.24, 2.45) is 0 Å². The number of carbonyl (C=O) groups is 1. The normalized spacial score (nSPS) is 25.9. The van der Waals surface area contributed by atoms with Crippen LogP contribution in [0.2, 0.25) is 0 Å². The van der Waals surface area contributed by atoms with Gasteiger partial charge in [0.1, 0.15) is 0 Å². The highest BCUT2D eigenvalue weighted by atomic mass is 16.5. The van der Waals surface area contributed by atoms with Crippen molar-refractivity contribution in [1.82, 2.24) is 0 Å². The number of aliphatic hydroxyl groups excluding tert-OH is 3. The maximum absolute atomic E-state index is 10.4. The van der Waals surface area contributed by atoms with Crippen LogP contribution in [0.3, 0.4) is 0 Å². The molecule has 0 unspecified atom stereocenters. The summed E-state index contributed by atoms with van der Waals surface area (Å²) in [6, 6.07) is 0. The van der Waals surface area contributed by atoms with Gasteiger partial charge >= 0.3 is 5.97 Å². The second kappa shape index (κ2) is 13.0. The van der Waals surface area contributed by atoms with Crippen LogP contribution in [0.5, 0.6) is 0 Å². The molecule has 0 aromatic carbocycles. The average Bonchev–Trinajstić information content (AvgIpc) is 2.97. The van der Waals surface area contributed by atoms with Crippen molar-refractivity contribution in [1.29, 1.82) is 0 Å². The topological polar surface area (TPSA) is 107 Å². The summed E-state index contributed by atoms with van der Waals surface area (Å²) in [5, 5.41) is 38.7. The predicted octanol–water partition coefficient (Wildman–Crippen LogP) is 2.56. The number of allylic oxidation sites excluding steroid dienone is 1. The number of rotatable bonds is 13. The van der Waals surface area contributed by atoms with Crippen LogP contribution in [0.25, 0.3) is 0 Å². The first-order valence-electron chi connectivity index (χ1n) is 9.68. The summed E-state index contributed by atoms with van der Waals surface area (Å²) in [5.74, 6) is -0.798. The number of unbranched alkanes of at least 4 members (excludes halogenated alkanes) is 3. The first-order chi connectivity index (χ1) is 12.4. The van der Waals surface area contributed by atoms with Gasteiger partial charge in [-0.2, -0.15) is 0 Å². The van der Waals surface area contributed by atoms with Crippen molar-refractivity contribution in [3.05, 3.63) is 24.3 Å². The van der Waals surface area contributed by atoms with E-state index in [0.717, 1.165) is 19.3 Å². The monoisotopic (exact) mass is 370 g/mol. The second-order valence-electron chi connectivity index (χ2n) is 6.95. The molecule has 1 aliphatic rings. The summed E-state index contributed by atoms with van der Waals surface area (Å²) in [5.41, 5.74) is 0. The quantitative estimate of drug-likeness (QED) is 0.293. The summed E-state index contributed by atoms with van der Waals surface area (Å²) in [7, 11) is 0. The van der Waals surface area contributed by atoms with E-state index in [1.807, 2.05) is 12.2 Å². The summed E-state index contributed by atoms with van der Waals surface area (Å²) in [6.45, 7) is 2.11. The minimum atomic E-state index is -0.852. The zero-order valence-electron chi connectivity index (χ0n) is 15.7. The van der Waals surface area contributed by atoms with Crippen molar-refractivity contribution < 1.29 is 30.0 Å². The van der Waals surface area contributed by atoms with E-state index >= 15 is 0 Å². The maximum Gasteiger partial charge on any atom is 0.303 e. The summed E-state index contributed by atoms with van der Waals surface area (Å²) in [6.07, 6.45) is 10.2. The molecule has 0 bridgehead atoms. The molecule has 0 aliphatic carbocycles. The average molecular weight is 370 g/mol. The van der Waals surface area contributed by atoms with Gasteiger partial charge in [0.05, 0.1) is 30.5 Å². The summed E-state index contributed by atoms with van der Waals surface area (Å²) in [4.78, 5) is 10.4. The van der Waals surface area contributed by atoms with Crippen LogP contribution in [-0.4, -0.2) is 56.9 Å². The lowest BCUT2D eigenvalue weighted by Gasteiger charge is -2.16. The standard InChI is InChI=1S/C20H34O6/c1-2-3-6-9-15(21)12-13-16(22)19-14-17(23)18(26-19)10-7-4-5-8-11-20(24)25/h4,7,12-13,15-19,21-23H,2-3,5-6,8-11,14H2,1H3,(H,24,25)/b7-4-,13-12+/t15-,16+,17+,18-,19-/m1/s1. The number of hydrogen-bond donors (Lipinski definition) is 4. The molecular weight excluding hydrogens is 336 g/mol. The number of aliphatic carboxylic acids is 1. The zero-order chi connectivity index (χ0) is 19.4. The molecule has 0 spiro atoms. The van der Waals surface area contributed by atoms with Crippen LogP contribution < -0.4 is 0 Å². The molecule has 6 nitrogen and oxygen atoms in total. The van der Waals surface area contributed by atoms with Crippen LogP contribution in [0, 0.1) is 0 Å². The lowest BCUT2D eigenvalue weighted by molar-refractivity contribution is -0.137. The van der Waals surface area contributed by atoms with Crippen LogP contribution in [0.15, 0.2) is 24.3 Å². The van der Waals surface area contributed by atoms with Gasteiger partial charge in [-0.05, 0) is 25.7 Å². The summed E-state index contributed by atoms with van der Waals surface area (Å²) >= 11 is 0. The van der Waals surface area contributed by atoms with Gasteiger partial charge in [0, 0.05) is 12.8 Å². The number of carboxylic acid groups (broad SMARTS) is 1. The molecule has 5 atom stereocenters. The van der Waals surface area contributed by atoms with E-state index in [9.17, 15) is 20.1 Å². The van der Waals surface area contributed by atoms with E-state index < -0.39 is 30.4 Å². The Morgan fingerprint density at radius 1 is 1.19 bits per heavy atom. The molecule has 0 amide bonds. The Morgan fingerprint density at radius 2 is 1.96 bits per heavy atom. The highest BCUT2D eigenvalue weighted by Gasteiger charge is 2.36. The smallest absolute Gasteiger partial charge is 0.303 e. The van der Waals surface area contributed by atoms with Crippen molar-refractivity contribution in [2.45, 2.75) is 95.2 Å². The molecule has 1 rings (SSSR count). The van der Waals surface area contributed by atoms with Gasteiger partial charge in [-0.3, -0.25) is 4.79 Å². The Kier molecular flexibility index (Phi) is 11.4. The second-order valence-corrected chi connectivity index (χ2v) is 6.95. The van der Waals surface area contributed by atoms with Gasteiger partial charge in [-0.1, -0.05) is 50.5 Å². The van der Waals surface area contributed by atoms with Gasteiger partial charge in [0.2, 0.25) is 0 Å². The summed E-state index contributed by atoms with van der Waals surface area (Å²) < 4.78 is 5.73. The Labute approximate surface area is 156 Å². The molecule has 1 heterocycles. The van der Waals surface area contributed by atoms with Crippen LogP contribution >= 0.6 is 0 Å². The number of ether oxygens (including phenoxy) is 1. The fourth-order valence-electron chi connectivity index (χ4n) is 2.98. The van der Waals surface area contributed by atoms with Crippen molar-refractivity contribution in [3.63, 3.8) is 0 Å². The number of hydrogen-bond acceptors (Lipinski definition) is 5. The van der Waals surface area contributed by atoms with Crippen LogP contribution in [0.1, 0.15) is 64.7 Å². The van der Waals surface area contributed by atoms with E-state index in [-0.39, 0.29) is 12.5 Å². The molecule has 0 aromatic rings. The fourth-order valence-corrected chi connectivity index (χ4v) is 2.98. The van der Waals surface area contributed by atoms with E-state index in [2.05, 4.69) is 6.92 Å². The maximum atomic E-state index is 10.4. The van der Waals surface area contributed by atoms with Gasteiger partial charge in [0.15, 0.2) is 0 Å². The van der Waals surface area contributed by atoms with E-state index in [0.29, 0.717) is 32.1 Å². The molecule has 1 fully saturated rings. The third-order valence-corrected chi connectivity index (χ3v) is 4.56. The Morgan fingerprint density at radius 3 is 2.65 bits per heavy atom. The molecule has 0 radical (unpaired) electrons. The number of carboxylic acids is 1. The minimum absolute atomic E-state index is 0.151. The molecule has 150 valence electrons.